The van der Waals surface area contributed by atoms with Gasteiger partial charge in [-0.1, -0.05) is 19.9 Å². The molecule has 0 spiro atoms. The van der Waals surface area contributed by atoms with Crippen LogP contribution >= 0.6 is 11.8 Å². The molecule has 10 nitrogen and oxygen atoms in total. The molecule has 0 bridgehead atoms. The molecule has 2 N–H and O–H groups in total. The molecule has 0 fully saturated rings. The van der Waals surface area contributed by atoms with Gasteiger partial charge in [-0.25, -0.2) is 14.1 Å². The number of aryl methyl sites for hydroxylation is 1. The number of nitrogens with zero attached hydrogens (tertiary/aromatic N) is 6. The molecule has 0 saturated heterocycles. The Morgan fingerprint density at radius 1 is 1.24 bits per heavy atom. The highest BCUT2D eigenvalue weighted by Crippen LogP contribution is 2.29. The summed E-state index contributed by atoms with van der Waals surface area (Å²) >= 11 is 6.31. The van der Waals surface area contributed by atoms with Crippen molar-refractivity contribution in [3.05, 3.63) is 40.1 Å². The van der Waals surface area contributed by atoms with Gasteiger partial charge in [-0.2, -0.15) is 4.98 Å². The highest BCUT2D eigenvalue weighted by molar-refractivity contribution is 6.21. The van der Waals surface area contributed by atoms with Crippen LogP contribution in [0.2, 0.25) is 0 Å². The predicted molar refractivity (Wildman–Crippen MR) is 114 cm³/mol. The van der Waals surface area contributed by atoms with E-state index in [-0.39, 0.29) is 17.2 Å². The van der Waals surface area contributed by atoms with Crippen LogP contribution in [0.25, 0.3) is 11.0 Å². The van der Waals surface area contributed by atoms with Crippen LogP contribution in [-0.4, -0.2) is 55.0 Å². The predicted octanol–water partition coefficient (Wildman–Crippen LogP) is 3.54. The van der Waals surface area contributed by atoms with E-state index in [0.29, 0.717) is 17.3 Å². The van der Waals surface area contributed by atoms with Crippen molar-refractivity contribution >= 4 is 46.2 Å². The quantitative estimate of drug-likeness (QED) is 0.400. The maximum atomic E-state index is 11.2. The molecule has 11 heteroatoms. The van der Waals surface area contributed by atoms with Gasteiger partial charge in [0.15, 0.2) is 5.52 Å². The lowest BCUT2D eigenvalue weighted by Crippen LogP contribution is -2.28. The topological polar surface area (TPSA) is 114 Å². The van der Waals surface area contributed by atoms with Crippen LogP contribution in [0.4, 0.5) is 23.4 Å². The standard InChI is InChI=1S/C18H23ClN8O2/c1-4-25(5-2)10-9-20-15-11-12(3)21-17(22-15)24-18-23-16-13(26(18)19)7-6-8-14(16)27(28)29/h6-8,11H,4-5,9-10H2,1-3H3,(H2,20,21,22,23,24). The van der Waals surface area contributed by atoms with E-state index < -0.39 is 4.92 Å². The monoisotopic (exact) mass is 418 g/mol. The molecule has 3 rings (SSSR count). The Morgan fingerprint density at radius 2 is 2.00 bits per heavy atom. The molecule has 2 heterocycles. The summed E-state index contributed by atoms with van der Waals surface area (Å²) in [6.45, 7) is 9.75. The molecule has 29 heavy (non-hydrogen) atoms. The summed E-state index contributed by atoms with van der Waals surface area (Å²) in [5, 5.41) is 17.5. The van der Waals surface area contributed by atoms with Crippen molar-refractivity contribution < 1.29 is 4.92 Å². The Kier molecular flexibility index (Phi) is 6.45. The lowest BCUT2D eigenvalue weighted by atomic mass is 10.3. The largest absolute Gasteiger partial charge is 0.369 e. The number of anilines is 3. The number of imidazole rings is 1. The molecule has 0 saturated carbocycles. The first-order chi connectivity index (χ1) is 13.9. The molecule has 0 aliphatic heterocycles. The number of fused-ring (bicyclic) bond motifs is 1. The average Bonchev–Trinajstić information content (AvgIpc) is 3.00. The van der Waals surface area contributed by atoms with Gasteiger partial charge in [0, 0.05) is 42.7 Å². The van der Waals surface area contributed by atoms with Crippen LogP contribution in [0.3, 0.4) is 0 Å². The minimum absolute atomic E-state index is 0.117. The first-order valence-corrected chi connectivity index (χ1v) is 9.67. The zero-order valence-corrected chi connectivity index (χ0v) is 17.3. The summed E-state index contributed by atoms with van der Waals surface area (Å²) in [6, 6.07) is 6.45. The molecule has 1 aromatic carbocycles. The van der Waals surface area contributed by atoms with E-state index in [4.69, 9.17) is 11.8 Å². The zero-order chi connectivity index (χ0) is 21.0. The summed E-state index contributed by atoms with van der Waals surface area (Å²) in [5.41, 5.74) is 1.26. The number of nitro benzene ring substituents is 1. The van der Waals surface area contributed by atoms with Crippen LogP contribution in [0, 0.1) is 17.0 Å². The van der Waals surface area contributed by atoms with Gasteiger partial charge in [0.2, 0.25) is 11.9 Å². The number of rotatable bonds is 9. The van der Waals surface area contributed by atoms with Gasteiger partial charge in [-0.05, 0) is 26.1 Å². The van der Waals surface area contributed by atoms with Crippen molar-refractivity contribution in [3.8, 4) is 0 Å². The maximum Gasteiger partial charge on any atom is 0.297 e. The molecule has 0 unspecified atom stereocenters. The van der Waals surface area contributed by atoms with Crippen LogP contribution in [0.15, 0.2) is 24.3 Å². The van der Waals surface area contributed by atoms with E-state index in [1.807, 2.05) is 13.0 Å². The third-order valence-electron chi connectivity index (χ3n) is 4.51. The zero-order valence-electron chi connectivity index (χ0n) is 16.5. The van der Waals surface area contributed by atoms with Crippen molar-refractivity contribution in [2.24, 2.45) is 0 Å². The fourth-order valence-corrected chi connectivity index (χ4v) is 3.19. The number of hydrogen-bond donors (Lipinski definition) is 2. The highest BCUT2D eigenvalue weighted by Gasteiger charge is 2.19. The van der Waals surface area contributed by atoms with E-state index in [0.717, 1.165) is 31.9 Å². The van der Waals surface area contributed by atoms with Gasteiger partial charge < -0.3 is 10.2 Å². The van der Waals surface area contributed by atoms with Crippen LogP contribution < -0.4 is 10.6 Å². The van der Waals surface area contributed by atoms with Gasteiger partial charge in [0.1, 0.15) is 5.82 Å². The lowest BCUT2D eigenvalue weighted by Gasteiger charge is -2.18. The molecule has 0 aliphatic rings. The van der Waals surface area contributed by atoms with Gasteiger partial charge in [-0.15, -0.1) is 0 Å². The normalized spacial score (nSPS) is 11.2. The van der Waals surface area contributed by atoms with Crippen LogP contribution in [0.1, 0.15) is 19.5 Å². The first-order valence-electron chi connectivity index (χ1n) is 9.33. The Labute approximate surface area is 173 Å². The molecule has 2 aromatic heterocycles. The number of hydrogen-bond acceptors (Lipinski definition) is 8. The van der Waals surface area contributed by atoms with Crippen molar-refractivity contribution in [3.63, 3.8) is 0 Å². The summed E-state index contributed by atoms with van der Waals surface area (Å²) in [4.78, 5) is 26.1. The smallest absolute Gasteiger partial charge is 0.297 e. The Bertz CT molecular complexity index is 1020. The van der Waals surface area contributed by atoms with Gasteiger partial charge >= 0.3 is 0 Å². The second kappa shape index (κ2) is 9.01. The number of benzene rings is 1. The van der Waals surface area contributed by atoms with Crippen LogP contribution in [-0.2, 0) is 0 Å². The lowest BCUT2D eigenvalue weighted by molar-refractivity contribution is -0.383. The average molecular weight is 419 g/mol. The number of para-hydroxylation sites is 1. The second-order valence-electron chi connectivity index (χ2n) is 6.42. The molecule has 0 radical (unpaired) electrons. The number of nitrogens with one attached hydrogen (secondary N) is 2. The summed E-state index contributed by atoms with van der Waals surface area (Å²) in [5.74, 6) is 1.18. The molecular weight excluding hydrogens is 396 g/mol. The van der Waals surface area contributed by atoms with Gasteiger partial charge in [-0.3, -0.25) is 15.4 Å². The molecule has 3 aromatic rings. The second-order valence-corrected chi connectivity index (χ2v) is 6.75. The SMILES string of the molecule is CCN(CC)CCNc1cc(C)nc(Nc2nc3c([N+](=O)[O-])cccc3n2Cl)n1. The number of non-ortho nitro benzene ring substituents is 1. The van der Waals surface area contributed by atoms with E-state index in [1.165, 1.54) is 10.2 Å². The Morgan fingerprint density at radius 3 is 2.69 bits per heavy atom. The van der Waals surface area contributed by atoms with Crippen molar-refractivity contribution in [1.82, 2.24) is 23.9 Å². The molecule has 0 atom stereocenters. The fraction of sp³-hybridized carbons (Fsp3) is 0.389. The van der Waals surface area contributed by atoms with Gasteiger partial charge in [0.05, 0.1) is 10.4 Å². The van der Waals surface area contributed by atoms with Crippen molar-refractivity contribution in [2.75, 3.05) is 36.8 Å². The molecular formula is C18H23ClN8O2. The number of aromatic nitrogens is 4. The van der Waals surface area contributed by atoms with Crippen LogP contribution in [0.5, 0.6) is 0 Å². The summed E-state index contributed by atoms with van der Waals surface area (Å²) in [6.07, 6.45) is 0. The van der Waals surface area contributed by atoms with Gasteiger partial charge in [0.25, 0.3) is 5.69 Å². The van der Waals surface area contributed by atoms with E-state index in [2.05, 4.69) is 44.3 Å². The molecule has 0 amide bonds. The first kappa shape index (κ1) is 20.7. The van der Waals surface area contributed by atoms with E-state index in [9.17, 15) is 10.1 Å². The Balaban J connectivity index is 1.81. The fourth-order valence-electron chi connectivity index (χ4n) is 2.98. The third kappa shape index (κ3) is 4.72. The number of halogens is 1. The summed E-state index contributed by atoms with van der Waals surface area (Å²) in [7, 11) is 0. The number of likely N-dealkylation sites (N-methyl/N-ethyl adjacent to an activating group) is 1. The minimum atomic E-state index is -0.489. The maximum absolute atomic E-state index is 11.2. The van der Waals surface area contributed by atoms with E-state index >= 15 is 0 Å². The number of nitro groups is 1. The highest BCUT2D eigenvalue weighted by atomic mass is 35.5. The minimum Gasteiger partial charge on any atom is -0.369 e. The molecule has 0 aliphatic carbocycles. The van der Waals surface area contributed by atoms with Crippen molar-refractivity contribution in [2.45, 2.75) is 20.8 Å². The molecule has 154 valence electrons. The summed E-state index contributed by atoms with van der Waals surface area (Å²) < 4.78 is 1.22. The van der Waals surface area contributed by atoms with Crippen molar-refractivity contribution in [1.29, 1.82) is 0 Å². The Hall–Kier alpha value is -2.98. The van der Waals surface area contributed by atoms with E-state index in [1.54, 1.807) is 12.1 Å². The third-order valence-corrected chi connectivity index (χ3v) is 4.85.